The fraction of sp³-hybridized carbons (Fsp3) is 0.333. The first-order valence-corrected chi connectivity index (χ1v) is 11.9. The first kappa shape index (κ1) is 23.1. The van der Waals surface area contributed by atoms with Crippen LogP contribution in [0.4, 0.5) is 0 Å². The smallest absolute Gasteiger partial charge is 0.270 e. The molecule has 1 aromatic heterocycles. The van der Waals surface area contributed by atoms with Crippen molar-refractivity contribution in [2.45, 2.75) is 19.4 Å². The molecule has 3 aromatic rings. The lowest BCUT2D eigenvalue weighted by Crippen LogP contribution is -2.38. The van der Waals surface area contributed by atoms with Gasteiger partial charge in [0.05, 0.1) is 14.2 Å². The molecule has 2 radical (unpaired) electrons. The number of ether oxygens (including phenoxy) is 2. The van der Waals surface area contributed by atoms with Crippen LogP contribution in [-0.4, -0.2) is 74.4 Å². The highest BCUT2D eigenvalue weighted by atomic mass is 16.5. The van der Waals surface area contributed by atoms with E-state index in [9.17, 15) is 9.59 Å². The van der Waals surface area contributed by atoms with Gasteiger partial charge in [0.1, 0.15) is 13.5 Å². The summed E-state index contributed by atoms with van der Waals surface area (Å²) in [6.07, 6.45) is 1.49. The van der Waals surface area contributed by atoms with Crippen molar-refractivity contribution in [2.24, 2.45) is 0 Å². The summed E-state index contributed by atoms with van der Waals surface area (Å²) in [5, 5.41) is 0. The van der Waals surface area contributed by atoms with Gasteiger partial charge in [-0.1, -0.05) is 23.7 Å². The number of methoxy groups -OCH3 is 2. The molecule has 0 saturated carbocycles. The third-order valence-electron chi connectivity index (χ3n) is 6.91. The lowest BCUT2D eigenvalue weighted by Gasteiger charge is -2.26. The molecule has 0 aliphatic carbocycles. The van der Waals surface area contributed by atoms with Crippen LogP contribution < -0.4 is 14.9 Å². The zero-order valence-electron chi connectivity index (χ0n) is 20.1. The second-order valence-corrected chi connectivity index (χ2v) is 8.90. The average Bonchev–Trinajstić information content (AvgIpc) is 3.06. The van der Waals surface area contributed by atoms with Crippen molar-refractivity contribution < 1.29 is 19.1 Å². The minimum absolute atomic E-state index is 0.00481. The third kappa shape index (κ3) is 4.18. The summed E-state index contributed by atoms with van der Waals surface area (Å²) < 4.78 is 13.0. The molecule has 2 aliphatic rings. The van der Waals surface area contributed by atoms with Crippen LogP contribution in [0.15, 0.2) is 48.5 Å². The highest BCUT2D eigenvalue weighted by Gasteiger charge is 2.29. The van der Waals surface area contributed by atoms with Crippen molar-refractivity contribution >= 4 is 25.1 Å². The maximum absolute atomic E-state index is 13.6. The topological polar surface area (TPSA) is 64.0 Å². The van der Waals surface area contributed by atoms with Crippen LogP contribution in [0.3, 0.4) is 0 Å². The zero-order chi connectivity index (χ0) is 24.5. The Bertz CT molecular complexity index is 1270. The van der Waals surface area contributed by atoms with E-state index in [2.05, 4.69) is 0 Å². The van der Waals surface area contributed by atoms with Crippen LogP contribution >= 0.6 is 0 Å². The minimum Gasteiger partial charge on any atom is -0.493 e. The molecule has 2 amide bonds. The van der Waals surface area contributed by atoms with Gasteiger partial charge in [0.25, 0.3) is 11.8 Å². The number of benzene rings is 2. The lowest BCUT2D eigenvalue weighted by molar-refractivity contribution is 0.0713. The van der Waals surface area contributed by atoms with Gasteiger partial charge in [-0.2, -0.15) is 0 Å². The van der Waals surface area contributed by atoms with E-state index >= 15 is 0 Å². The molecular formula is C27H28BN3O4. The summed E-state index contributed by atoms with van der Waals surface area (Å²) in [6, 6.07) is 15.0. The summed E-state index contributed by atoms with van der Waals surface area (Å²) in [6.45, 7) is 2.87. The summed E-state index contributed by atoms with van der Waals surface area (Å²) >= 11 is 0. The Kier molecular flexibility index (Phi) is 6.28. The monoisotopic (exact) mass is 469 g/mol. The molecule has 2 aliphatic heterocycles. The van der Waals surface area contributed by atoms with Crippen LogP contribution in [-0.2, 0) is 13.0 Å². The SMILES string of the molecule is [B]c1cc(C(=O)N2CCCN(C(=O)c3ccccc3)CC2)n2c1-c1cc(OC)c(OC)cc1CC2. The van der Waals surface area contributed by atoms with Crippen molar-refractivity contribution in [1.29, 1.82) is 0 Å². The van der Waals surface area contributed by atoms with Gasteiger partial charge in [0.2, 0.25) is 0 Å². The molecule has 0 bridgehead atoms. The normalized spacial score (nSPS) is 15.1. The quantitative estimate of drug-likeness (QED) is 0.551. The second kappa shape index (κ2) is 9.52. The highest BCUT2D eigenvalue weighted by Crippen LogP contribution is 2.38. The number of carbonyl (C=O) groups is 2. The Morgan fingerprint density at radius 1 is 0.829 bits per heavy atom. The van der Waals surface area contributed by atoms with Crippen molar-refractivity contribution in [3.8, 4) is 22.8 Å². The molecule has 0 N–H and O–H groups in total. The van der Waals surface area contributed by atoms with Gasteiger partial charge in [-0.3, -0.25) is 9.59 Å². The van der Waals surface area contributed by atoms with E-state index < -0.39 is 0 Å². The number of rotatable bonds is 4. The molecule has 0 unspecified atom stereocenters. The van der Waals surface area contributed by atoms with E-state index in [4.69, 9.17) is 17.3 Å². The van der Waals surface area contributed by atoms with E-state index in [1.54, 1.807) is 20.3 Å². The number of hydrogen-bond donors (Lipinski definition) is 0. The van der Waals surface area contributed by atoms with Crippen LogP contribution in [0.2, 0.25) is 0 Å². The van der Waals surface area contributed by atoms with Crippen molar-refractivity contribution in [3.63, 3.8) is 0 Å². The Labute approximate surface area is 206 Å². The molecule has 5 rings (SSSR count). The van der Waals surface area contributed by atoms with Crippen LogP contribution in [0, 0.1) is 0 Å². The van der Waals surface area contributed by atoms with Crippen molar-refractivity contribution in [1.82, 2.24) is 14.4 Å². The van der Waals surface area contributed by atoms with Gasteiger partial charge >= 0.3 is 0 Å². The van der Waals surface area contributed by atoms with E-state index in [-0.39, 0.29) is 11.8 Å². The fourth-order valence-corrected chi connectivity index (χ4v) is 5.11. The molecule has 178 valence electrons. The second-order valence-electron chi connectivity index (χ2n) is 8.90. The summed E-state index contributed by atoms with van der Waals surface area (Å²) in [5.41, 5.74) is 4.74. The molecule has 0 spiro atoms. The number of amides is 2. The molecule has 1 saturated heterocycles. The minimum atomic E-state index is -0.0547. The predicted molar refractivity (Wildman–Crippen MR) is 135 cm³/mol. The first-order valence-electron chi connectivity index (χ1n) is 11.9. The highest BCUT2D eigenvalue weighted by molar-refractivity contribution is 6.36. The predicted octanol–water partition coefficient (Wildman–Crippen LogP) is 2.51. The summed E-state index contributed by atoms with van der Waals surface area (Å²) in [5.74, 6) is 1.26. The van der Waals surface area contributed by atoms with Gasteiger partial charge in [-0.05, 0) is 48.7 Å². The standard InChI is InChI=1S/C27H28BN3O4/c1-34-23-15-19-9-12-31-22(17-21(28)25(31)20(19)16-24(23)35-2)27(33)30-11-6-10-29(13-14-30)26(32)18-7-4-3-5-8-18/h3-5,7-8,15-17H,6,9-14H2,1-2H3. The fourth-order valence-electron chi connectivity index (χ4n) is 5.11. The molecule has 35 heavy (non-hydrogen) atoms. The number of aromatic nitrogens is 1. The van der Waals surface area contributed by atoms with Gasteiger partial charge in [0.15, 0.2) is 11.5 Å². The Balaban J connectivity index is 1.39. The number of aryl methyl sites for hydroxylation is 1. The van der Waals surface area contributed by atoms with Gasteiger partial charge in [-0.15, -0.1) is 0 Å². The van der Waals surface area contributed by atoms with Gasteiger partial charge in [0, 0.05) is 49.5 Å². The molecule has 1 fully saturated rings. The van der Waals surface area contributed by atoms with Crippen molar-refractivity contribution in [3.05, 3.63) is 65.4 Å². The van der Waals surface area contributed by atoms with E-state index in [0.29, 0.717) is 60.9 Å². The lowest BCUT2D eigenvalue weighted by atomic mass is 9.88. The van der Waals surface area contributed by atoms with Crippen molar-refractivity contribution in [2.75, 3.05) is 40.4 Å². The molecule has 0 atom stereocenters. The third-order valence-corrected chi connectivity index (χ3v) is 6.91. The number of hydrogen-bond acceptors (Lipinski definition) is 4. The summed E-state index contributed by atoms with van der Waals surface area (Å²) in [7, 11) is 9.68. The Morgan fingerprint density at radius 2 is 1.49 bits per heavy atom. The van der Waals surface area contributed by atoms with Gasteiger partial charge < -0.3 is 23.8 Å². The first-order chi connectivity index (χ1) is 17.0. The van der Waals surface area contributed by atoms with Crippen LogP contribution in [0.25, 0.3) is 11.3 Å². The molecule has 7 nitrogen and oxygen atoms in total. The van der Waals surface area contributed by atoms with E-state index in [1.807, 2.05) is 56.8 Å². The number of carbonyl (C=O) groups excluding carboxylic acids is 2. The largest absolute Gasteiger partial charge is 0.493 e. The van der Waals surface area contributed by atoms with Crippen LogP contribution in [0.1, 0.15) is 32.8 Å². The van der Waals surface area contributed by atoms with Gasteiger partial charge in [-0.25, -0.2) is 0 Å². The van der Waals surface area contributed by atoms with Crippen LogP contribution in [0.5, 0.6) is 11.5 Å². The number of fused-ring (bicyclic) bond motifs is 3. The van der Waals surface area contributed by atoms with E-state index in [1.165, 1.54) is 0 Å². The van der Waals surface area contributed by atoms with E-state index in [0.717, 1.165) is 29.7 Å². The molecule has 3 heterocycles. The molecular weight excluding hydrogens is 441 g/mol. The average molecular weight is 469 g/mol. The Hall–Kier alpha value is -3.68. The maximum Gasteiger partial charge on any atom is 0.270 e. The molecule has 8 heteroatoms. The molecule has 2 aromatic carbocycles. The maximum atomic E-state index is 13.6. The summed E-state index contributed by atoms with van der Waals surface area (Å²) in [4.78, 5) is 30.2. The number of nitrogens with zero attached hydrogens (tertiary/aromatic N) is 3. The Morgan fingerprint density at radius 3 is 2.17 bits per heavy atom. The zero-order valence-corrected chi connectivity index (χ0v) is 20.1.